The topological polar surface area (TPSA) is 17.1 Å². The smallest absolute Gasteiger partial charge is 0.134 e. The van der Waals surface area contributed by atoms with Gasteiger partial charge in [-0.05, 0) is 18.8 Å². The molecule has 0 unspecified atom stereocenters. The molecule has 1 fully saturated rings. The fourth-order valence-corrected chi connectivity index (χ4v) is 2.82. The highest BCUT2D eigenvalue weighted by atomic mass is 16.1. The number of carbonyl (C=O) groups is 1. The van der Waals surface area contributed by atoms with E-state index in [-0.39, 0.29) is 10.8 Å². The Kier molecular flexibility index (Phi) is 1.35. The van der Waals surface area contributed by atoms with E-state index >= 15 is 0 Å². The minimum absolute atomic E-state index is 0.185. The van der Waals surface area contributed by atoms with E-state index in [1.165, 1.54) is 5.57 Å². The summed E-state index contributed by atoms with van der Waals surface area (Å²) in [6.45, 7) is 6.67. The van der Waals surface area contributed by atoms with Gasteiger partial charge in [0.25, 0.3) is 0 Å². The Hall–Kier alpha value is -0.590. The first-order valence-corrected chi connectivity index (χ1v) is 4.67. The molecule has 0 spiro atoms. The quantitative estimate of drug-likeness (QED) is 0.503. The number of allylic oxidation sites excluding steroid dienone is 2. The Morgan fingerprint density at radius 1 is 1.33 bits per heavy atom. The van der Waals surface area contributed by atoms with Crippen molar-refractivity contribution in [3.05, 3.63) is 11.6 Å². The Labute approximate surface area is 73.8 Å². The van der Waals surface area contributed by atoms with E-state index < -0.39 is 0 Å². The summed E-state index contributed by atoms with van der Waals surface area (Å²) >= 11 is 0. The second-order valence-electron chi connectivity index (χ2n) is 4.88. The molecule has 12 heavy (non-hydrogen) atoms. The van der Waals surface area contributed by atoms with Gasteiger partial charge in [-0.1, -0.05) is 25.5 Å². The van der Waals surface area contributed by atoms with Crippen LogP contribution in [0.2, 0.25) is 0 Å². The molecule has 0 aromatic heterocycles. The number of hydrogen-bond acceptors (Lipinski definition) is 1. The minimum Gasteiger partial charge on any atom is -0.300 e. The van der Waals surface area contributed by atoms with E-state index in [1.807, 2.05) is 0 Å². The molecule has 0 aliphatic heterocycles. The van der Waals surface area contributed by atoms with E-state index in [9.17, 15) is 4.79 Å². The minimum atomic E-state index is 0.185. The third kappa shape index (κ3) is 0.720. The zero-order valence-electron chi connectivity index (χ0n) is 8.11. The third-order valence-electron chi connectivity index (χ3n) is 4.20. The first-order valence-electron chi connectivity index (χ1n) is 4.67. The normalized spacial score (nSPS) is 46.2. The highest BCUT2D eigenvalue weighted by Gasteiger charge is 2.54. The second kappa shape index (κ2) is 2.01. The van der Waals surface area contributed by atoms with Gasteiger partial charge in [0, 0.05) is 18.3 Å². The summed E-state index contributed by atoms with van der Waals surface area (Å²) < 4.78 is 0. The van der Waals surface area contributed by atoms with Gasteiger partial charge in [-0.3, -0.25) is 4.79 Å². The van der Waals surface area contributed by atoms with Crippen LogP contribution in [0.15, 0.2) is 11.6 Å². The van der Waals surface area contributed by atoms with Gasteiger partial charge in [-0.15, -0.1) is 0 Å². The van der Waals surface area contributed by atoms with Crippen molar-refractivity contribution in [3.8, 4) is 0 Å². The first-order chi connectivity index (χ1) is 5.48. The Morgan fingerprint density at radius 2 is 2.00 bits per heavy atom. The van der Waals surface area contributed by atoms with E-state index in [0.717, 1.165) is 19.3 Å². The molecule has 1 heteroatoms. The molecule has 2 aliphatic rings. The standard InChI is InChI=1S/C11H16O/c1-8-4-5-10(2)6-9(12)7-11(8,10)3/h4H,5-7H2,1-3H3/t10-,11-/m1/s1. The molecule has 0 bridgehead atoms. The van der Waals surface area contributed by atoms with Crippen LogP contribution in [0.5, 0.6) is 0 Å². The zero-order chi connectivity index (χ0) is 8.98. The number of Topliss-reactive ketones (excluding diaryl/α,β-unsaturated/α-hetero) is 1. The van der Waals surface area contributed by atoms with Crippen molar-refractivity contribution in [1.82, 2.24) is 0 Å². The summed E-state index contributed by atoms with van der Waals surface area (Å²) in [5.74, 6) is 0.451. The molecule has 0 saturated heterocycles. The molecule has 0 aromatic carbocycles. The predicted molar refractivity (Wildman–Crippen MR) is 48.8 cm³/mol. The van der Waals surface area contributed by atoms with Crippen LogP contribution in [0.4, 0.5) is 0 Å². The number of ketones is 1. The largest absolute Gasteiger partial charge is 0.300 e. The van der Waals surface area contributed by atoms with Crippen LogP contribution < -0.4 is 0 Å². The molecule has 0 aromatic rings. The average molecular weight is 164 g/mol. The van der Waals surface area contributed by atoms with E-state index in [2.05, 4.69) is 26.8 Å². The lowest BCUT2D eigenvalue weighted by molar-refractivity contribution is -0.118. The van der Waals surface area contributed by atoms with Crippen molar-refractivity contribution in [2.45, 2.75) is 40.0 Å². The van der Waals surface area contributed by atoms with E-state index in [0.29, 0.717) is 5.78 Å². The monoisotopic (exact) mass is 164 g/mol. The fourth-order valence-electron chi connectivity index (χ4n) is 2.82. The van der Waals surface area contributed by atoms with Crippen molar-refractivity contribution < 1.29 is 4.79 Å². The lowest BCUT2D eigenvalue weighted by atomic mass is 9.68. The second-order valence-corrected chi connectivity index (χ2v) is 4.88. The summed E-state index contributed by atoms with van der Waals surface area (Å²) in [4.78, 5) is 11.4. The highest BCUT2D eigenvalue weighted by Crippen LogP contribution is 2.61. The number of fused-ring (bicyclic) bond motifs is 1. The third-order valence-corrected chi connectivity index (χ3v) is 4.20. The molecule has 0 N–H and O–H groups in total. The maximum absolute atomic E-state index is 11.4. The van der Waals surface area contributed by atoms with Crippen LogP contribution in [0.1, 0.15) is 40.0 Å². The molecule has 0 heterocycles. The molecular weight excluding hydrogens is 148 g/mol. The predicted octanol–water partition coefficient (Wildman–Crippen LogP) is 2.71. The molecule has 2 aliphatic carbocycles. The maximum Gasteiger partial charge on any atom is 0.134 e. The molecule has 2 rings (SSSR count). The van der Waals surface area contributed by atoms with Gasteiger partial charge in [0.1, 0.15) is 5.78 Å². The summed E-state index contributed by atoms with van der Waals surface area (Å²) in [5.41, 5.74) is 1.86. The Bertz CT molecular complexity index is 277. The van der Waals surface area contributed by atoms with Gasteiger partial charge in [0.05, 0.1) is 0 Å². The van der Waals surface area contributed by atoms with Crippen LogP contribution in [-0.4, -0.2) is 5.78 Å². The van der Waals surface area contributed by atoms with Crippen LogP contribution in [0.3, 0.4) is 0 Å². The van der Waals surface area contributed by atoms with Gasteiger partial charge < -0.3 is 0 Å². The molecule has 1 nitrogen and oxygen atoms in total. The highest BCUT2D eigenvalue weighted by molar-refractivity contribution is 5.84. The average Bonchev–Trinajstić information content (AvgIpc) is 2.28. The summed E-state index contributed by atoms with van der Waals surface area (Å²) in [6, 6.07) is 0. The lowest BCUT2D eigenvalue weighted by Crippen LogP contribution is -2.28. The molecule has 0 amide bonds. The molecule has 1 saturated carbocycles. The van der Waals surface area contributed by atoms with Crippen molar-refractivity contribution >= 4 is 5.78 Å². The van der Waals surface area contributed by atoms with Gasteiger partial charge in [0.15, 0.2) is 0 Å². The summed E-state index contributed by atoms with van der Waals surface area (Å²) in [7, 11) is 0. The van der Waals surface area contributed by atoms with Gasteiger partial charge in [-0.25, -0.2) is 0 Å². The zero-order valence-corrected chi connectivity index (χ0v) is 8.11. The van der Waals surface area contributed by atoms with Crippen molar-refractivity contribution in [1.29, 1.82) is 0 Å². The van der Waals surface area contributed by atoms with E-state index in [4.69, 9.17) is 0 Å². The Balaban J connectivity index is 2.45. The van der Waals surface area contributed by atoms with Gasteiger partial charge in [0.2, 0.25) is 0 Å². The number of carbonyl (C=O) groups excluding carboxylic acids is 1. The summed E-state index contributed by atoms with van der Waals surface area (Å²) in [5, 5.41) is 0. The number of hydrogen-bond donors (Lipinski definition) is 0. The molecule has 2 atom stereocenters. The van der Waals surface area contributed by atoms with Crippen LogP contribution >= 0.6 is 0 Å². The van der Waals surface area contributed by atoms with Gasteiger partial charge >= 0.3 is 0 Å². The lowest BCUT2D eigenvalue weighted by Gasteiger charge is -2.35. The SMILES string of the molecule is CC1=CC[C@]2(C)CC(=O)C[C@]12C. The Morgan fingerprint density at radius 3 is 2.58 bits per heavy atom. The maximum atomic E-state index is 11.4. The first kappa shape index (κ1) is 8.03. The van der Waals surface area contributed by atoms with Crippen molar-refractivity contribution in [2.75, 3.05) is 0 Å². The van der Waals surface area contributed by atoms with Crippen LogP contribution in [0, 0.1) is 10.8 Å². The van der Waals surface area contributed by atoms with Crippen LogP contribution in [-0.2, 0) is 4.79 Å². The van der Waals surface area contributed by atoms with Crippen LogP contribution in [0.25, 0.3) is 0 Å². The van der Waals surface area contributed by atoms with Crippen molar-refractivity contribution in [2.24, 2.45) is 10.8 Å². The number of rotatable bonds is 0. The molecule has 0 radical (unpaired) electrons. The van der Waals surface area contributed by atoms with Gasteiger partial charge in [-0.2, -0.15) is 0 Å². The van der Waals surface area contributed by atoms with E-state index in [1.54, 1.807) is 0 Å². The summed E-state index contributed by atoms with van der Waals surface area (Å²) in [6.07, 6.45) is 4.97. The fraction of sp³-hybridized carbons (Fsp3) is 0.727. The molecule has 66 valence electrons. The van der Waals surface area contributed by atoms with Crippen molar-refractivity contribution in [3.63, 3.8) is 0 Å². The molecular formula is C11H16O.